The molecule has 0 radical (unpaired) electrons. The molecule has 1 amide bonds. The molecular formula is C23H30N2O3. The number of rotatable bonds is 7. The van der Waals surface area contributed by atoms with Crippen LogP contribution in [0.4, 0.5) is 0 Å². The number of carbonyl (C=O) groups is 1. The van der Waals surface area contributed by atoms with Crippen LogP contribution in [0, 0.1) is 0 Å². The number of nitrogens with zero attached hydrogens (tertiary/aromatic N) is 1. The highest BCUT2D eigenvalue weighted by Gasteiger charge is 2.22. The summed E-state index contributed by atoms with van der Waals surface area (Å²) < 4.78 is 11.0. The minimum Gasteiger partial charge on any atom is -0.380 e. The average molecular weight is 383 g/mol. The summed E-state index contributed by atoms with van der Waals surface area (Å²) in [6.45, 7) is 7.97. The molecule has 0 spiro atoms. The van der Waals surface area contributed by atoms with Crippen LogP contribution in [0.15, 0.2) is 48.5 Å². The molecule has 1 saturated heterocycles. The van der Waals surface area contributed by atoms with E-state index in [-0.39, 0.29) is 18.1 Å². The number of ether oxygens (including phenoxy) is 2. The fourth-order valence-electron chi connectivity index (χ4n) is 3.79. The third-order valence-corrected chi connectivity index (χ3v) is 4.95. The first-order valence-electron chi connectivity index (χ1n) is 9.86. The SMILES string of the molecule is COCc1cccc(C(=O)NCc2ccccc2CN2CC(C)OC(C)C2)c1. The van der Waals surface area contributed by atoms with Gasteiger partial charge in [0.05, 0.1) is 18.8 Å². The zero-order chi connectivity index (χ0) is 19.9. The van der Waals surface area contributed by atoms with Crippen LogP contribution in [0.3, 0.4) is 0 Å². The second-order valence-corrected chi connectivity index (χ2v) is 7.54. The Kier molecular flexibility index (Phi) is 7.20. The van der Waals surface area contributed by atoms with Gasteiger partial charge < -0.3 is 14.8 Å². The van der Waals surface area contributed by atoms with Crippen LogP contribution in [-0.2, 0) is 29.2 Å². The maximum atomic E-state index is 12.6. The molecule has 28 heavy (non-hydrogen) atoms. The van der Waals surface area contributed by atoms with Gasteiger partial charge in [0, 0.05) is 38.9 Å². The lowest BCUT2D eigenvalue weighted by molar-refractivity contribution is -0.0705. The first-order chi connectivity index (χ1) is 13.5. The number of nitrogens with one attached hydrogen (secondary N) is 1. The number of carbonyl (C=O) groups excluding carboxylic acids is 1. The van der Waals surface area contributed by atoms with Crippen LogP contribution < -0.4 is 5.32 Å². The van der Waals surface area contributed by atoms with Crippen molar-refractivity contribution in [2.45, 2.75) is 45.8 Å². The van der Waals surface area contributed by atoms with Gasteiger partial charge in [-0.1, -0.05) is 36.4 Å². The van der Waals surface area contributed by atoms with Crippen LogP contribution in [0.25, 0.3) is 0 Å². The summed E-state index contributed by atoms with van der Waals surface area (Å²) >= 11 is 0. The molecule has 2 aromatic carbocycles. The van der Waals surface area contributed by atoms with Crippen LogP contribution in [0.5, 0.6) is 0 Å². The summed E-state index contributed by atoms with van der Waals surface area (Å²) in [6.07, 6.45) is 0.491. The first kappa shape index (κ1) is 20.5. The lowest BCUT2D eigenvalue weighted by Crippen LogP contribution is -2.45. The molecule has 0 saturated carbocycles. The molecule has 3 rings (SSSR count). The number of benzene rings is 2. The highest BCUT2D eigenvalue weighted by molar-refractivity contribution is 5.94. The van der Waals surface area contributed by atoms with E-state index in [1.807, 2.05) is 30.3 Å². The van der Waals surface area contributed by atoms with Crippen LogP contribution in [0.1, 0.15) is 40.9 Å². The van der Waals surface area contributed by atoms with Crippen molar-refractivity contribution >= 4 is 5.91 Å². The van der Waals surface area contributed by atoms with E-state index in [9.17, 15) is 4.79 Å². The van der Waals surface area contributed by atoms with E-state index >= 15 is 0 Å². The Labute approximate surface area is 167 Å². The van der Waals surface area contributed by atoms with Gasteiger partial charge in [0.1, 0.15) is 0 Å². The van der Waals surface area contributed by atoms with Gasteiger partial charge in [-0.2, -0.15) is 0 Å². The molecule has 2 atom stereocenters. The zero-order valence-electron chi connectivity index (χ0n) is 17.0. The van der Waals surface area contributed by atoms with Gasteiger partial charge >= 0.3 is 0 Å². The van der Waals surface area contributed by atoms with E-state index < -0.39 is 0 Å². The van der Waals surface area contributed by atoms with E-state index in [0.717, 1.165) is 30.8 Å². The van der Waals surface area contributed by atoms with E-state index in [4.69, 9.17) is 9.47 Å². The van der Waals surface area contributed by atoms with Gasteiger partial charge in [0.25, 0.3) is 5.91 Å². The maximum absolute atomic E-state index is 12.6. The summed E-state index contributed by atoms with van der Waals surface area (Å²) in [5.74, 6) is -0.0682. The zero-order valence-corrected chi connectivity index (χ0v) is 17.0. The molecule has 1 fully saturated rings. The molecular weight excluding hydrogens is 352 g/mol. The Balaban J connectivity index is 1.63. The van der Waals surface area contributed by atoms with Crippen molar-refractivity contribution in [3.63, 3.8) is 0 Å². The van der Waals surface area contributed by atoms with Gasteiger partial charge in [-0.05, 0) is 42.7 Å². The van der Waals surface area contributed by atoms with Gasteiger partial charge in [0.15, 0.2) is 0 Å². The quantitative estimate of drug-likeness (QED) is 0.798. The van der Waals surface area contributed by atoms with Gasteiger partial charge in [0.2, 0.25) is 0 Å². The van der Waals surface area contributed by atoms with E-state index in [1.165, 1.54) is 5.56 Å². The van der Waals surface area contributed by atoms with Crippen molar-refractivity contribution in [1.82, 2.24) is 10.2 Å². The molecule has 0 bridgehead atoms. The molecule has 5 heteroatoms. The Bertz CT molecular complexity index is 783. The van der Waals surface area contributed by atoms with Crippen molar-refractivity contribution < 1.29 is 14.3 Å². The van der Waals surface area contributed by atoms with Crippen molar-refractivity contribution in [2.24, 2.45) is 0 Å². The topological polar surface area (TPSA) is 50.8 Å². The van der Waals surface area contributed by atoms with Crippen molar-refractivity contribution in [2.75, 3.05) is 20.2 Å². The third-order valence-electron chi connectivity index (χ3n) is 4.95. The van der Waals surface area contributed by atoms with Gasteiger partial charge in [-0.15, -0.1) is 0 Å². The Morgan fingerprint density at radius 2 is 1.82 bits per heavy atom. The molecule has 1 aliphatic heterocycles. The lowest BCUT2D eigenvalue weighted by Gasteiger charge is -2.35. The maximum Gasteiger partial charge on any atom is 0.251 e. The van der Waals surface area contributed by atoms with E-state index in [1.54, 1.807) is 7.11 Å². The summed E-state index contributed by atoms with van der Waals surface area (Å²) in [5.41, 5.74) is 4.04. The molecule has 0 aliphatic carbocycles. The smallest absolute Gasteiger partial charge is 0.251 e. The number of hydrogen-bond acceptors (Lipinski definition) is 4. The predicted octanol–water partition coefficient (Wildman–Crippen LogP) is 3.37. The third kappa shape index (κ3) is 5.64. The van der Waals surface area contributed by atoms with Crippen molar-refractivity contribution in [3.05, 3.63) is 70.8 Å². The number of hydrogen-bond donors (Lipinski definition) is 1. The monoisotopic (exact) mass is 382 g/mol. The van der Waals surface area contributed by atoms with E-state index in [2.05, 4.69) is 42.3 Å². The van der Waals surface area contributed by atoms with Gasteiger partial charge in [-0.25, -0.2) is 0 Å². The minimum atomic E-state index is -0.0682. The molecule has 1 heterocycles. The average Bonchev–Trinajstić information content (AvgIpc) is 2.67. The fourth-order valence-corrected chi connectivity index (χ4v) is 3.79. The molecule has 1 aliphatic rings. The summed E-state index contributed by atoms with van der Waals surface area (Å²) in [7, 11) is 1.65. The summed E-state index contributed by atoms with van der Waals surface area (Å²) in [4.78, 5) is 15.0. The summed E-state index contributed by atoms with van der Waals surface area (Å²) in [6, 6.07) is 15.9. The molecule has 150 valence electrons. The van der Waals surface area contributed by atoms with Crippen molar-refractivity contribution in [3.8, 4) is 0 Å². The number of amides is 1. The van der Waals surface area contributed by atoms with E-state index in [0.29, 0.717) is 18.7 Å². The second kappa shape index (κ2) is 9.82. The van der Waals surface area contributed by atoms with Crippen LogP contribution in [-0.4, -0.2) is 43.2 Å². The first-order valence-corrected chi connectivity index (χ1v) is 9.86. The normalized spacial score (nSPS) is 20.1. The standard InChI is InChI=1S/C23H30N2O3/c1-17-13-25(14-18(2)28-17)15-22-9-5-4-8-21(22)12-24-23(26)20-10-6-7-19(11-20)16-27-3/h4-11,17-18H,12-16H2,1-3H3,(H,24,26). The highest BCUT2D eigenvalue weighted by Crippen LogP contribution is 2.17. The molecule has 2 unspecified atom stereocenters. The second-order valence-electron chi connectivity index (χ2n) is 7.54. The van der Waals surface area contributed by atoms with Crippen LogP contribution >= 0.6 is 0 Å². The molecule has 2 aromatic rings. The van der Waals surface area contributed by atoms with Crippen LogP contribution in [0.2, 0.25) is 0 Å². The fraction of sp³-hybridized carbons (Fsp3) is 0.435. The number of morpholine rings is 1. The van der Waals surface area contributed by atoms with Gasteiger partial charge in [-0.3, -0.25) is 9.69 Å². The minimum absolute atomic E-state index is 0.0682. The summed E-state index contributed by atoms with van der Waals surface area (Å²) in [5, 5.41) is 3.06. The largest absolute Gasteiger partial charge is 0.380 e. The number of methoxy groups -OCH3 is 1. The highest BCUT2D eigenvalue weighted by atomic mass is 16.5. The Morgan fingerprint density at radius 3 is 2.54 bits per heavy atom. The predicted molar refractivity (Wildman–Crippen MR) is 110 cm³/mol. The molecule has 5 nitrogen and oxygen atoms in total. The molecule has 1 N–H and O–H groups in total. The lowest BCUT2D eigenvalue weighted by atomic mass is 10.1. The Morgan fingerprint density at radius 1 is 1.11 bits per heavy atom. The van der Waals surface area contributed by atoms with Crippen molar-refractivity contribution in [1.29, 1.82) is 0 Å². The molecule has 0 aromatic heterocycles. The Hall–Kier alpha value is -2.21.